The molecule has 166 valence electrons. The molecule has 0 saturated carbocycles. The molecule has 1 fully saturated rings. The van der Waals surface area contributed by atoms with Gasteiger partial charge in [0.05, 0.1) is 12.3 Å². The van der Waals surface area contributed by atoms with E-state index in [1.165, 1.54) is 11.1 Å². The molecule has 5 rings (SSSR count). The quantitative estimate of drug-likeness (QED) is 0.688. The Bertz CT molecular complexity index is 1170. The zero-order valence-corrected chi connectivity index (χ0v) is 18.3. The SMILES string of the molecule is Cc1ccccc1-n1c(CC2CCN(C(=O)C3Cc4ccccc4CO3)CC2)n[nH]c1=O. The van der Waals surface area contributed by atoms with Crippen LogP contribution in [0.15, 0.2) is 53.3 Å². The van der Waals surface area contributed by atoms with Crippen LogP contribution in [0.1, 0.15) is 35.4 Å². The second-order valence-electron chi connectivity index (χ2n) is 8.81. The number of nitrogens with zero attached hydrogens (tertiary/aromatic N) is 3. The van der Waals surface area contributed by atoms with Crippen molar-refractivity contribution in [1.82, 2.24) is 19.7 Å². The van der Waals surface area contributed by atoms with Gasteiger partial charge in [0.1, 0.15) is 11.9 Å². The third-order valence-electron chi connectivity index (χ3n) is 6.73. The summed E-state index contributed by atoms with van der Waals surface area (Å²) in [6.07, 6.45) is 2.75. The van der Waals surface area contributed by atoms with Crippen LogP contribution in [0, 0.1) is 12.8 Å². The first-order chi connectivity index (χ1) is 15.6. The number of nitrogens with one attached hydrogen (secondary N) is 1. The number of aromatic amines is 1. The fourth-order valence-electron chi connectivity index (χ4n) is 4.85. The third-order valence-corrected chi connectivity index (χ3v) is 6.73. The predicted octanol–water partition coefficient (Wildman–Crippen LogP) is 2.79. The summed E-state index contributed by atoms with van der Waals surface area (Å²) in [6, 6.07) is 16.0. The molecule has 3 heterocycles. The number of fused-ring (bicyclic) bond motifs is 1. The average molecular weight is 433 g/mol. The molecule has 1 saturated heterocycles. The summed E-state index contributed by atoms with van der Waals surface area (Å²) in [5, 5.41) is 6.91. The number of hydrogen-bond acceptors (Lipinski definition) is 4. The van der Waals surface area contributed by atoms with Crippen LogP contribution in [0.5, 0.6) is 0 Å². The Morgan fingerprint density at radius 2 is 1.81 bits per heavy atom. The van der Waals surface area contributed by atoms with Gasteiger partial charge in [-0.15, -0.1) is 0 Å². The highest BCUT2D eigenvalue weighted by atomic mass is 16.5. The first-order valence-electron chi connectivity index (χ1n) is 11.3. The van der Waals surface area contributed by atoms with E-state index in [1.807, 2.05) is 48.2 Å². The number of carbonyl (C=O) groups excluding carboxylic acids is 1. The number of carbonyl (C=O) groups is 1. The zero-order chi connectivity index (χ0) is 22.1. The minimum atomic E-state index is -0.390. The van der Waals surface area contributed by atoms with E-state index in [9.17, 15) is 9.59 Å². The molecular weight excluding hydrogens is 404 g/mol. The lowest BCUT2D eigenvalue weighted by Crippen LogP contribution is -2.46. The van der Waals surface area contributed by atoms with Gasteiger partial charge in [-0.25, -0.2) is 14.5 Å². The number of likely N-dealkylation sites (tertiary alicyclic amines) is 1. The van der Waals surface area contributed by atoms with Gasteiger partial charge in [0.25, 0.3) is 5.91 Å². The Labute approximate surface area is 187 Å². The molecule has 1 N–H and O–H groups in total. The largest absolute Gasteiger partial charge is 0.363 e. The minimum Gasteiger partial charge on any atom is -0.363 e. The Balaban J connectivity index is 1.22. The molecule has 2 aliphatic rings. The zero-order valence-electron chi connectivity index (χ0n) is 18.3. The second kappa shape index (κ2) is 8.74. The molecule has 32 heavy (non-hydrogen) atoms. The van der Waals surface area contributed by atoms with Crippen molar-refractivity contribution in [2.45, 2.75) is 45.3 Å². The summed E-state index contributed by atoms with van der Waals surface area (Å²) >= 11 is 0. The third kappa shape index (κ3) is 4.00. The number of para-hydroxylation sites is 1. The Hall–Kier alpha value is -3.19. The first-order valence-corrected chi connectivity index (χ1v) is 11.3. The summed E-state index contributed by atoms with van der Waals surface area (Å²) in [7, 11) is 0. The van der Waals surface area contributed by atoms with Crippen LogP contribution >= 0.6 is 0 Å². The van der Waals surface area contributed by atoms with Crippen LogP contribution in [0.3, 0.4) is 0 Å². The van der Waals surface area contributed by atoms with Crippen molar-refractivity contribution in [3.63, 3.8) is 0 Å². The molecule has 0 spiro atoms. The van der Waals surface area contributed by atoms with Gasteiger partial charge in [-0.3, -0.25) is 4.79 Å². The van der Waals surface area contributed by atoms with Crippen molar-refractivity contribution >= 4 is 5.91 Å². The summed E-state index contributed by atoms with van der Waals surface area (Å²) in [5.41, 5.74) is 4.07. The number of H-pyrrole nitrogens is 1. The molecule has 0 bridgehead atoms. The summed E-state index contributed by atoms with van der Waals surface area (Å²) in [6.45, 7) is 3.92. The van der Waals surface area contributed by atoms with Gasteiger partial charge in [-0.2, -0.15) is 5.10 Å². The van der Waals surface area contributed by atoms with E-state index < -0.39 is 0 Å². The molecule has 1 atom stereocenters. The molecule has 1 amide bonds. The van der Waals surface area contributed by atoms with Crippen LogP contribution < -0.4 is 5.69 Å². The van der Waals surface area contributed by atoms with Gasteiger partial charge in [-0.1, -0.05) is 42.5 Å². The van der Waals surface area contributed by atoms with Crippen LogP contribution in [0.2, 0.25) is 0 Å². The Morgan fingerprint density at radius 1 is 1.09 bits per heavy atom. The van der Waals surface area contributed by atoms with Crippen LogP contribution in [-0.4, -0.2) is 44.8 Å². The maximum Gasteiger partial charge on any atom is 0.347 e. The van der Waals surface area contributed by atoms with Gasteiger partial charge >= 0.3 is 5.69 Å². The number of rotatable bonds is 4. The number of benzene rings is 2. The minimum absolute atomic E-state index is 0.0922. The van der Waals surface area contributed by atoms with Gasteiger partial charge in [0, 0.05) is 25.9 Å². The summed E-state index contributed by atoms with van der Waals surface area (Å²) < 4.78 is 7.56. The number of hydrogen-bond donors (Lipinski definition) is 1. The van der Waals surface area contributed by atoms with Gasteiger partial charge in [0.2, 0.25) is 0 Å². The first kappa shape index (κ1) is 20.7. The molecule has 7 nitrogen and oxygen atoms in total. The van der Waals surface area contributed by atoms with E-state index >= 15 is 0 Å². The van der Waals surface area contributed by atoms with Crippen molar-refractivity contribution in [3.8, 4) is 5.69 Å². The van der Waals surface area contributed by atoms with Crippen LogP contribution in [-0.2, 0) is 29.0 Å². The van der Waals surface area contributed by atoms with E-state index in [-0.39, 0.29) is 17.7 Å². The Kier molecular flexibility index (Phi) is 5.66. The van der Waals surface area contributed by atoms with Gasteiger partial charge in [-0.05, 0) is 48.4 Å². The molecular formula is C25H28N4O3. The van der Waals surface area contributed by atoms with E-state index in [2.05, 4.69) is 22.3 Å². The normalized spacial score (nSPS) is 19.0. The van der Waals surface area contributed by atoms with E-state index in [1.54, 1.807) is 4.57 Å². The van der Waals surface area contributed by atoms with Crippen LogP contribution in [0.25, 0.3) is 5.69 Å². The summed E-state index contributed by atoms with van der Waals surface area (Å²) in [4.78, 5) is 27.4. The van der Waals surface area contributed by atoms with Gasteiger partial charge < -0.3 is 9.64 Å². The Morgan fingerprint density at radius 3 is 2.59 bits per heavy atom. The number of ether oxygens (including phenoxy) is 1. The maximum absolute atomic E-state index is 13.0. The highest BCUT2D eigenvalue weighted by molar-refractivity contribution is 5.81. The molecule has 3 aromatic rings. The number of aromatic nitrogens is 3. The van der Waals surface area contributed by atoms with Crippen molar-refractivity contribution in [3.05, 3.63) is 81.5 Å². The predicted molar refractivity (Wildman–Crippen MR) is 121 cm³/mol. The molecule has 1 unspecified atom stereocenters. The van der Waals surface area contributed by atoms with E-state index in [4.69, 9.17) is 4.74 Å². The molecule has 1 aromatic heterocycles. The lowest BCUT2D eigenvalue weighted by molar-refractivity contribution is -0.147. The monoisotopic (exact) mass is 432 g/mol. The van der Waals surface area contributed by atoms with Crippen molar-refractivity contribution in [1.29, 1.82) is 0 Å². The smallest absolute Gasteiger partial charge is 0.347 e. The average Bonchev–Trinajstić information content (AvgIpc) is 3.18. The van der Waals surface area contributed by atoms with Crippen molar-refractivity contribution in [2.24, 2.45) is 5.92 Å². The number of amides is 1. The fourth-order valence-corrected chi connectivity index (χ4v) is 4.85. The topological polar surface area (TPSA) is 80.2 Å². The molecule has 2 aromatic carbocycles. The molecule has 7 heteroatoms. The van der Waals surface area contributed by atoms with E-state index in [0.717, 1.165) is 29.9 Å². The molecule has 0 radical (unpaired) electrons. The lowest BCUT2D eigenvalue weighted by Gasteiger charge is -2.35. The maximum atomic E-state index is 13.0. The lowest BCUT2D eigenvalue weighted by atomic mass is 9.92. The highest BCUT2D eigenvalue weighted by Gasteiger charge is 2.32. The highest BCUT2D eigenvalue weighted by Crippen LogP contribution is 2.26. The van der Waals surface area contributed by atoms with Crippen molar-refractivity contribution in [2.75, 3.05) is 13.1 Å². The number of piperidine rings is 1. The standard InChI is InChI=1S/C25H28N4O3/c1-17-6-2-5-9-21(17)29-23(26-27-25(29)31)14-18-10-12-28(13-11-18)24(30)22-15-19-7-3-4-8-20(19)16-32-22/h2-9,18,22H,10-16H2,1H3,(H,27,31). The summed E-state index contributed by atoms with van der Waals surface area (Å²) in [5.74, 6) is 1.22. The number of aryl methyl sites for hydroxylation is 1. The van der Waals surface area contributed by atoms with Crippen LogP contribution in [0.4, 0.5) is 0 Å². The second-order valence-corrected chi connectivity index (χ2v) is 8.81. The van der Waals surface area contributed by atoms with Gasteiger partial charge in [0.15, 0.2) is 0 Å². The van der Waals surface area contributed by atoms with E-state index in [0.29, 0.717) is 38.5 Å². The fraction of sp³-hybridized carbons (Fsp3) is 0.400. The van der Waals surface area contributed by atoms with Crippen molar-refractivity contribution < 1.29 is 9.53 Å². The molecule has 0 aliphatic carbocycles. The molecule has 2 aliphatic heterocycles.